The lowest BCUT2D eigenvalue weighted by Crippen LogP contribution is -2.07. The van der Waals surface area contributed by atoms with E-state index >= 15 is 0 Å². The molecular weight excluding hydrogens is 224 g/mol. The highest BCUT2D eigenvalue weighted by atomic mass is 35.5. The van der Waals surface area contributed by atoms with Crippen molar-refractivity contribution in [2.75, 3.05) is 0 Å². The van der Waals surface area contributed by atoms with Crippen LogP contribution in [-0.2, 0) is 4.79 Å². The Kier molecular flexibility index (Phi) is 2.93. The summed E-state index contributed by atoms with van der Waals surface area (Å²) in [5.41, 5.74) is 0. The summed E-state index contributed by atoms with van der Waals surface area (Å²) in [5.74, 6) is -0.136. The minimum Gasteiger partial charge on any atom is -0.422 e. The number of hydrogen-bond acceptors (Lipinski definition) is 2. The summed E-state index contributed by atoms with van der Waals surface area (Å²) in [7, 11) is 0. The SMILES string of the molecule is C=C(Cl)C(=O)Oc1cccc2ccccc12. The molecule has 80 valence electrons. The standard InChI is InChI=1S/C13H9ClO2/c1-9(14)13(15)16-12-8-4-6-10-5-2-3-7-11(10)12/h2-8H,1H2. The lowest BCUT2D eigenvalue weighted by Gasteiger charge is -2.06. The third-order valence-corrected chi connectivity index (χ3v) is 2.33. The Morgan fingerprint density at radius 1 is 1.12 bits per heavy atom. The van der Waals surface area contributed by atoms with Crippen molar-refractivity contribution in [1.29, 1.82) is 0 Å². The van der Waals surface area contributed by atoms with Gasteiger partial charge in [0.2, 0.25) is 0 Å². The Hall–Kier alpha value is -1.80. The van der Waals surface area contributed by atoms with Crippen LogP contribution in [0.4, 0.5) is 0 Å². The van der Waals surface area contributed by atoms with Gasteiger partial charge in [-0.2, -0.15) is 0 Å². The first-order chi connectivity index (χ1) is 7.68. The summed E-state index contributed by atoms with van der Waals surface area (Å²) in [5, 5.41) is 1.75. The van der Waals surface area contributed by atoms with Gasteiger partial charge in [-0.3, -0.25) is 0 Å². The summed E-state index contributed by atoms with van der Waals surface area (Å²) < 4.78 is 5.12. The lowest BCUT2D eigenvalue weighted by molar-refractivity contribution is -0.129. The number of carbonyl (C=O) groups is 1. The number of carbonyl (C=O) groups excluding carboxylic acids is 1. The maximum Gasteiger partial charge on any atom is 0.354 e. The number of rotatable bonds is 2. The van der Waals surface area contributed by atoms with Crippen LogP contribution in [0, 0.1) is 0 Å². The molecule has 0 atom stereocenters. The Bertz CT molecular complexity index is 555. The second kappa shape index (κ2) is 4.37. The van der Waals surface area contributed by atoms with Crippen LogP contribution < -0.4 is 4.74 Å². The zero-order chi connectivity index (χ0) is 11.5. The van der Waals surface area contributed by atoms with Crippen LogP contribution in [0.15, 0.2) is 54.1 Å². The van der Waals surface area contributed by atoms with Crippen LogP contribution in [0.2, 0.25) is 0 Å². The van der Waals surface area contributed by atoms with E-state index in [2.05, 4.69) is 6.58 Å². The van der Waals surface area contributed by atoms with Crippen molar-refractivity contribution in [2.45, 2.75) is 0 Å². The van der Waals surface area contributed by atoms with Crippen molar-refractivity contribution in [3.05, 3.63) is 54.1 Å². The van der Waals surface area contributed by atoms with Crippen molar-refractivity contribution in [2.24, 2.45) is 0 Å². The van der Waals surface area contributed by atoms with Crippen LogP contribution >= 0.6 is 11.6 Å². The molecule has 16 heavy (non-hydrogen) atoms. The van der Waals surface area contributed by atoms with Gasteiger partial charge in [0.1, 0.15) is 10.8 Å². The van der Waals surface area contributed by atoms with Crippen molar-refractivity contribution in [3.63, 3.8) is 0 Å². The number of benzene rings is 2. The van der Waals surface area contributed by atoms with E-state index in [9.17, 15) is 4.79 Å². The zero-order valence-corrected chi connectivity index (χ0v) is 9.20. The molecule has 2 aromatic carbocycles. The Morgan fingerprint density at radius 3 is 2.56 bits per heavy atom. The molecule has 2 nitrogen and oxygen atoms in total. The van der Waals surface area contributed by atoms with E-state index in [1.165, 1.54) is 0 Å². The van der Waals surface area contributed by atoms with Gasteiger partial charge >= 0.3 is 5.97 Å². The molecule has 0 fully saturated rings. The molecule has 0 aliphatic rings. The molecule has 0 aromatic heterocycles. The number of fused-ring (bicyclic) bond motifs is 1. The highest BCUT2D eigenvalue weighted by molar-refractivity contribution is 6.41. The molecule has 0 spiro atoms. The van der Waals surface area contributed by atoms with Gasteiger partial charge in [0.25, 0.3) is 0 Å². The Labute approximate surface area is 98.1 Å². The summed E-state index contributed by atoms with van der Waals surface area (Å²) in [6, 6.07) is 13.1. The van der Waals surface area contributed by atoms with E-state index in [0.29, 0.717) is 5.75 Å². The number of hydrogen-bond donors (Lipinski definition) is 0. The van der Waals surface area contributed by atoms with Gasteiger partial charge in [-0.15, -0.1) is 0 Å². The topological polar surface area (TPSA) is 26.3 Å². The van der Waals surface area contributed by atoms with E-state index in [0.717, 1.165) is 10.8 Å². The maximum absolute atomic E-state index is 11.3. The van der Waals surface area contributed by atoms with Gasteiger partial charge in [0.05, 0.1) is 0 Å². The molecule has 0 saturated heterocycles. The van der Waals surface area contributed by atoms with Crippen molar-refractivity contribution >= 4 is 28.3 Å². The fraction of sp³-hybridized carbons (Fsp3) is 0. The quantitative estimate of drug-likeness (QED) is 0.450. The molecule has 0 aliphatic carbocycles. The molecule has 0 aliphatic heterocycles. The minimum absolute atomic E-state index is 0.132. The monoisotopic (exact) mass is 232 g/mol. The first kappa shape index (κ1) is 10.7. The van der Waals surface area contributed by atoms with Gasteiger partial charge in [-0.25, -0.2) is 4.79 Å². The smallest absolute Gasteiger partial charge is 0.354 e. The molecule has 0 amide bonds. The molecule has 0 saturated carbocycles. The van der Waals surface area contributed by atoms with Gasteiger partial charge < -0.3 is 4.74 Å². The van der Waals surface area contributed by atoms with Crippen LogP contribution in [0.3, 0.4) is 0 Å². The summed E-state index contributed by atoms with van der Waals surface area (Å²) in [6.45, 7) is 3.32. The average molecular weight is 233 g/mol. The Morgan fingerprint density at radius 2 is 1.81 bits per heavy atom. The highest BCUT2D eigenvalue weighted by Crippen LogP contribution is 2.25. The third-order valence-electron chi connectivity index (χ3n) is 2.17. The van der Waals surface area contributed by atoms with Gasteiger partial charge in [-0.1, -0.05) is 54.6 Å². The fourth-order valence-corrected chi connectivity index (χ4v) is 1.48. The van der Waals surface area contributed by atoms with Gasteiger partial charge in [0, 0.05) is 5.39 Å². The minimum atomic E-state index is -0.627. The predicted octanol–water partition coefficient (Wildman–Crippen LogP) is 3.50. The van der Waals surface area contributed by atoms with Crippen LogP contribution in [0.1, 0.15) is 0 Å². The van der Waals surface area contributed by atoms with Crippen molar-refractivity contribution < 1.29 is 9.53 Å². The maximum atomic E-state index is 11.3. The predicted molar refractivity (Wildman–Crippen MR) is 64.6 cm³/mol. The highest BCUT2D eigenvalue weighted by Gasteiger charge is 2.09. The lowest BCUT2D eigenvalue weighted by atomic mass is 10.1. The second-order valence-electron chi connectivity index (χ2n) is 3.27. The molecule has 0 bridgehead atoms. The first-order valence-corrected chi connectivity index (χ1v) is 5.10. The van der Waals surface area contributed by atoms with E-state index in [1.54, 1.807) is 6.07 Å². The fourth-order valence-electron chi connectivity index (χ4n) is 1.44. The first-order valence-electron chi connectivity index (χ1n) is 4.73. The molecular formula is C13H9ClO2. The van der Waals surface area contributed by atoms with E-state index < -0.39 is 5.97 Å². The molecule has 0 heterocycles. The molecule has 0 unspecified atom stereocenters. The molecule has 2 aromatic rings. The Balaban J connectivity index is 2.45. The largest absolute Gasteiger partial charge is 0.422 e. The molecule has 0 radical (unpaired) electrons. The van der Waals surface area contributed by atoms with E-state index in [4.69, 9.17) is 16.3 Å². The number of halogens is 1. The summed E-state index contributed by atoms with van der Waals surface area (Å²) in [6.07, 6.45) is 0. The number of esters is 1. The van der Waals surface area contributed by atoms with Crippen molar-refractivity contribution in [3.8, 4) is 5.75 Å². The molecule has 2 rings (SSSR count). The van der Waals surface area contributed by atoms with Crippen LogP contribution in [-0.4, -0.2) is 5.97 Å². The molecule has 0 N–H and O–H groups in total. The summed E-state index contributed by atoms with van der Waals surface area (Å²) in [4.78, 5) is 11.3. The third kappa shape index (κ3) is 2.07. The van der Waals surface area contributed by atoms with Crippen molar-refractivity contribution in [1.82, 2.24) is 0 Å². The second-order valence-corrected chi connectivity index (χ2v) is 3.73. The average Bonchev–Trinajstić information content (AvgIpc) is 2.29. The van der Waals surface area contributed by atoms with E-state index in [1.807, 2.05) is 36.4 Å². The molecule has 3 heteroatoms. The normalized spacial score (nSPS) is 10.1. The van der Waals surface area contributed by atoms with Crippen LogP contribution in [0.25, 0.3) is 10.8 Å². The van der Waals surface area contributed by atoms with Gasteiger partial charge in [-0.05, 0) is 11.5 Å². The van der Waals surface area contributed by atoms with Gasteiger partial charge in [0.15, 0.2) is 0 Å². The van der Waals surface area contributed by atoms with Crippen LogP contribution in [0.5, 0.6) is 5.75 Å². The number of ether oxygens (including phenoxy) is 1. The zero-order valence-electron chi connectivity index (χ0n) is 8.44. The summed E-state index contributed by atoms with van der Waals surface area (Å²) >= 11 is 5.46. The van der Waals surface area contributed by atoms with E-state index in [-0.39, 0.29) is 5.03 Å².